The predicted octanol–water partition coefficient (Wildman–Crippen LogP) is 4.75. The maximum atomic E-state index is 12.6. The van der Waals surface area contributed by atoms with Gasteiger partial charge in [0.2, 0.25) is 5.91 Å². The molecule has 0 spiro atoms. The van der Waals surface area contributed by atoms with Crippen molar-refractivity contribution in [2.24, 2.45) is 0 Å². The van der Waals surface area contributed by atoms with E-state index in [1.54, 1.807) is 4.90 Å². The molecule has 144 valence electrons. The summed E-state index contributed by atoms with van der Waals surface area (Å²) in [5, 5.41) is 2.90. The summed E-state index contributed by atoms with van der Waals surface area (Å²) in [6.07, 6.45) is 2.77. The molecule has 1 aliphatic heterocycles. The van der Waals surface area contributed by atoms with E-state index < -0.39 is 0 Å². The van der Waals surface area contributed by atoms with E-state index in [-0.39, 0.29) is 11.8 Å². The Morgan fingerprint density at radius 2 is 1.86 bits per heavy atom. The van der Waals surface area contributed by atoms with Crippen LogP contribution >= 0.6 is 39.9 Å². The number of rotatable bonds is 7. The Bertz CT molecular complexity index is 898. The maximum absolute atomic E-state index is 12.6. The zero-order valence-electron chi connectivity index (χ0n) is 15.1. The van der Waals surface area contributed by atoms with Gasteiger partial charge < -0.3 is 5.32 Å². The number of hydrogen-bond acceptors (Lipinski definition) is 4. The first-order valence-electron chi connectivity index (χ1n) is 8.84. The number of halogens is 1. The van der Waals surface area contributed by atoms with Gasteiger partial charge in [0, 0.05) is 24.0 Å². The van der Waals surface area contributed by atoms with Crippen LogP contribution in [0.3, 0.4) is 0 Å². The van der Waals surface area contributed by atoms with Crippen LogP contribution < -0.4 is 5.32 Å². The van der Waals surface area contributed by atoms with Crippen LogP contribution in [0.5, 0.6) is 0 Å². The van der Waals surface area contributed by atoms with Crippen molar-refractivity contribution in [1.82, 2.24) is 10.2 Å². The molecule has 2 amide bonds. The molecule has 0 aromatic heterocycles. The van der Waals surface area contributed by atoms with E-state index in [0.717, 1.165) is 15.6 Å². The topological polar surface area (TPSA) is 49.4 Å². The highest BCUT2D eigenvalue weighted by molar-refractivity contribution is 9.10. The van der Waals surface area contributed by atoms with Crippen molar-refractivity contribution in [2.75, 3.05) is 6.54 Å². The zero-order chi connectivity index (χ0) is 19.9. The highest BCUT2D eigenvalue weighted by Gasteiger charge is 2.31. The van der Waals surface area contributed by atoms with Crippen LogP contribution in [-0.2, 0) is 16.1 Å². The lowest BCUT2D eigenvalue weighted by molar-refractivity contribution is -0.124. The van der Waals surface area contributed by atoms with Crippen molar-refractivity contribution in [3.8, 4) is 0 Å². The number of carbonyl (C=O) groups excluding carboxylic acids is 2. The minimum absolute atomic E-state index is 0.0281. The van der Waals surface area contributed by atoms with Gasteiger partial charge in [0.1, 0.15) is 4.32 Å². The van der Waals surface area contributed by atoms with E-state index in [2.05, 4.69) is 21.2 Å². The smallest absolute Gasteiger partial charge is 0.266 e. The molecule has 1 aliphatic rings. The van der Waals surface area contributed by atoms with E-state index in [0.29, 0.717) is 35.2 Å². The molecule has 0 aliphatic carbocycles. The van der Waals surface area contributed by atoms with Crippen molar-refractivity contribution in [3.63, 3.8) is 0 Å². The summed E-state index contributed by atoms with van der Waals surface area (Å²) in [7, 11) is 0. The van der Waals surface area contributed by atoms with E-state index >= 15 is 0 Å². The van der Waals surface area contributed by atoms with Gasteiger partial charge in [-0.2, -0.15) is 0 Å². The number of nitrogens with one attached hydrogen (secondary N) is 1. The average Bonchev–Trinajstić information content (AvgIpc) is 2.96. The van der Waals surface area contributed by atoms with Crippen LogP contribution in [0.15, 0.2) is 64.0 Å². The maximum Gasteiger partial charge on any atom is 0.266 e. The van der Waals surface area contributed by atoms with Crippen LogP contribution in [0.4, 0.5) is 0 Å². The first-order valence-corrected chi connectivity index (χ1v) is 10.9. The first-order chi connectivity index (χ1) is 13.5. The molecule has 0 unspecified atom stereocenters. The number of nitrogens with zero attached hydrogens (tertiary/aromatic N) is 1. The fourth-order valence-corrected chi connectivity index (χ4v) is 4.26. The Labute approximate surface area is 182 Å². The lowest BCUT2D eigenvalue weighted by Gasteiger charge is -2.14. The lowest BCUT2D eigenvalue weighted by atomic mass is 10.2. The van der Waals surface area contributed by atoms with Gasteiger partial charge in [-0.25, -0.2) is 0 Å². The van der Waals surface area contributed by atoms with Gasteiger partial charge in [0.05, 0.1) is 4.91 Å². The summed E-state index contributed by atoms with van der Waals surface area (Å²) in [6.45, 7) is 0.956. The Kier molecular flexibility index (Phi) is 7.42. The van der Waals surface area contributed by atoms with Crippen molar-refractivity contribution < 1.29 is 9.59 Å². The Morgan fingerprint density at radius 1 is 1.14 bits per heavy atom. The second kappa shape index (κ2) is 10.0. The Balaban J connectivity index is 1.48. The van der Waals surface area contributed by atoms with Crippen LogP contribution in [0, 0.1) is 0 Å². The summed E-state index contributed by atoms with van der Waals surface area (Å²) in [6, 6.07) is 17.5. The third-order valence-electron chi connectivity index (χ3n) is 4.16. The summed E-state index contributed by atoms with van der Waals surface area (Å²) in [5.74, 6) is -0.123. The van der Waals surface area contributed by atoms with Crippen molar-refractivity contribution >= 4 is 62.1 Å². The van der Waals surface area contributed by atoms with Crippen molar-refractivity contribution in [1.29, 1.82) is 0 Å². The molecule has 28 heavy (non-hydrogen) atoms. The quantitative estimate of drug-likeness (QED) is 0.464. The molecular formula is C21H19BrN2O2S2. The highest BCUT2D eigenvalue weighted by atomic mass is 79.9. The Hall–Kier alpha value is -1.96. The van der Waals surface area contributed by atoms with E-state index in [1.165, 1.54) is 11.8 Å². The molecule has 1 fully saturated rings. The molecule has 7 heteroatoms. The summed E-state index contributed by atoms with van der Waals surface area (Å²) < 4.78 is 1.53. The molecule has 4 nitrogen and oxygen atoms in total. The molecule has 0 saturated carbocycles. The minimum atomic E-state index is -0.0948. The van der Waals surface area contributed by atoms with Crippen LogP contribution in [-0.4, -0.2) is 27.6 Å². The normalized spacial score (nSPS) is 15.3. The van der Waals surface area contributed by atoms with Gasteiger partial charge in [0.25, 0.3) is 5.91 Å². The van der Waals surface area contributed by atoms with Crippen molar-refractivity contribution in [2.45, 2.75) is 19.4 Å². The van der Waals surface area contributed by atoms with Crippen LogP contribution in [0.1, 0.15) is 24.0 Å². The second-order valence-electron chi connectivity index (χ2n) is 6.25. The average molecular weight is 475 g/mol. The largest absolute Gasteiger partial charge is 0.352 e. The SMILES string of the molecule is O=C(CCCN1C(=O)/C(=C/c2ccc(Br)cc2)SC1=S)NCc1ccccc1. The Morgan fingerprint density at radius 3 is 2.57 bits per heavy atom. The summed E-state index contributed by atoms with van der Waals surface area (Å²) in [4.78, 5) is 26.8. The van der Waals surface area contributed by atoms with Crippen LogP contribution in [0.2, 0.25) is 0 Å². The molecular weight excluding hydrogens is 456 g/mol. The molecule has 2 aromatic rings. The van der Waals surface area contributed by atoms with E-state index in [1.807, 2.05) is 60.7 Å². The first kappa shape index (κ1) is 20.8. The molecule has 1 N–H and O–H groups in total. The monoisotopic (exact) mass is 474 g/mol. The molecule has 2 aromatic carbocycles. The van der Waals surface area contributed by atoms with Gasteiger partial charge in [-0.05, 0) is 35.8 Å². The fourth-order valence-electron chi connectivity index (χ4n) is 2.69. The second-order valence-corrected chi connectivity index (χ2v) is 8.84. The third kappa shape index (κ3) is 5.77. The molecule has 1 saturated heterocycles. The number of amides is 2. The van der Waals surface area contributed by atoms with Gasteiger partial charge in [-0.3, -0.25) is 14.5 Å². The summed E-state index contributed by atoms with van der Waals surface area (Å²) >= 11 is 10.0. The molecule has 0 atom stereocenters. The van der Waals surface area contributed by atoms with Crippen molar-refractivity contribution in [3.05, 3.63) is 75.1 Å². The summed E-state index contributed by atoms with van der Waals surface area (Å²) in [5.41, 5.74) is 2.01. The van der Waals surface area contributed by atoms with Gasteiger partial charge in [0.15, 0.2) is 0 Å². The van der Waals surface area contributed by atoms with E-state index in [4.69, 9.17) is 12.2 Å². The van der Waals surface area contributed by atoms with Gasteiger partial charge in [-0.15, -0.1) is 0 Å². The molecule has 0 radical (unpaired) electrons. The van der Waals surface area contributed by atoms with E-state index in [9.17, 15) is 9.59 Å². The predicted molar refractivity (Wildman–Crippen MR) is 122 cm³/mol. The number of hydrogen-bond donors (Lipinski definition) is 1. The minimum Gasteiger partial charge on any atom is -0.352 e. The number of benzene rings is 2. The van der Waals surface area contributed by atoms with Crippen LogP contribution in [0.25, 0.3) is 6.08 Å². The molecule has 0 bridgehead atoms. The third-order valence-corrected chi connectivity index (χ3v) is 6.07. The fraction of sp³-hybridized carbons (Fsp3) is 0.190. The van der Waals surface area contributed by atoms with Gasteiger partial charge >= 0.3 is 0 Å². The number of carbonyl (C=O) groups is 2. The molecule has 1 heterocycles. The standard InChI is InChI=1S/C21H19BrN2O2S2/c22-17-10-8-15(9-11-17)13-18-20(26)24(21(27)28-18)12-4-7-19(25)23-14-16-5-2-1-3-6-16/h1-3,5-6,8-11,13H,4,7,12,14H2,(H,23,25)/b18-13-. The van der Waals surface area contributed by atoms with Gasteiger partial charge in [-0.1, -0.05) is 82.4 Å². The number of thioether (sulfide) groups is 1. The number of thiocarbonyl (C=S) groups is 1. The lowest BCUT2D eigenvalue weighted by Crippen LogP contribution is -2.30. The molecule has 3 rings (SSSR count). The zero-order valence-corrected chi connectivity index (χ0v) is 18.3. The highest BCUT2D eigenvalue weighted by Crippen LogP contribution is 2.32.